The summed E-state index contributed by atoms with van der Waals surface area (Å²) in [6.45, 7) is 7.16. The van der Waals surface area contributed by atoms with Gasteiger partial charge in [-0.05, 0) is 48.0 Å². The van der Waals surface area contributed by atoms with E-state index >= 15 is 0 Å². The van der Waals surface area contributed by atoms with Crippen LogP contribution in [0.3, 0.4) is 0 Å². The lowest BCUT2D eigenvalue weighted by molar-refractivity contribution is -0.193. The highest BCUT2D eigenvalue weighted by Gasteiger charge is 2.43. The van der Waals surface area contributed by atoms with Crippen molar-refractivity contribution < 1.29 is 38.0 Å². The highest BCUT2D eigenvalue weighted by atomic mass is 32.7. The van der Waals surface area contributed by atoms with Gasteiger partial charge in [0.25, 0.3) is 0 Å². The van der Waals surface area contributed by atoms with E-state index in [0.717, 1.165) is 11.4 Å². The Morgan fingerprint density at radius 1 is 1.14 bits per heavy atom. The Hall–Kier alpha value is 0.300. The van der Waals surface area contributed by atoms with Crippen LogP contribution in [0, 0.1) is 0 Å². The molecule has 0 saturated carbocycles. The van der Waals surface area contributed by atoms with Gasteiger partial charge in [-0.25, -0.2) is 0 Å². The molecule has 2 unspecified atom stereocenters. The van der Waals surface area contributed by atoms with E-state index < -0.39 is 31.2 Å². The predicted octanol–water partition coefficient (Wildman–Crippen LogP) is 2.12. The zero-order valence-electron chi connectivity index (χ0n) is 17.5. The van der Waals surface area contributed by atoms with Crippen LogP contribution in [0.15, 0.2) is 0 Å². The van der Waals surface area contributed by atoms with Gasteiger partial charge in [-0.15, -0.1) is 0 Å². The second-order valence-electron chi connectivity index (χ2n) is 8.01. The third kappa shape index (κ3) is 7.22. The Bertz CT molecular complexity index is 534. The summed E-state index contributed by atoms with van der Waals surface area (Å²) in [5.74, 6) is 0. The molecular weight excluding hydrogens is 407 g/mol. The van der Waals surface area contributed by atoms with Crippen LogP contribution in [-0.2, 0) is 28.0 Å². The maximum Gasteiger partial charge on any atom is 0.192 e. The van der Waals surface area contributed by atoms with Crippen molar-refractivity contribution in [3.05, 3.63) is 0 Å². The highest BCUT2D eigenvalue weighted by molar-refractivity contribution is 8.54. The van der Waals surface area contributed by atoms with Crippen molar-refractivity contribution in [3.8, 4) is 0 Å². The molecule has 0 amide bonds. The van der Waals surface area contributed by atoms with Crippen molar-refractivity contribution in [2.45, 2.75) is 102 Å². The van der Waals surface area contributed by atoms with E-state index in [1.54, 1.807) is 6.92 Å². The van der Waals surface area contributed by atoms with Gasteiger partial charge in [0.1, 0.15) is 18.3 Å². The highest BCUT2D eigenvalue weighted by Crippen LogP contribution is 2.57. The molecule has 0 aromatic heterocycles. The van der Waals surface area contributed by atoms with Crippen molar-refractivity contribution in [2.75, 3.05) is 13.2 Å². The van der Waals surface area contributed by atoms with Crippen molar-refractivity contribution in [1.82, 2.24) is 0 Å². The second kappa shape index (κ2) is 10.6. The molecule has 2 fully saturated rings. The molecule has 166 valence electrons. The van der Waals surface area contributed by atoms with Crippen LogP contribution >= 0.6 is 18.2 Å². The van der Waals surface area contributed by atoms with Crippen LogP contribution < -0.4 is 4.89 Å². The minimum absolute atomic E-state index is 0.0313. The predicted molar refractivity (Wildman–Crippen MR) is 105 cm³/mol. The molecule has 2 aliphatic heterocycles. The number of ether oxygens (including phenoxy) is 4. The van der Waals surface area contributed by atoms with Gasteiger partial charge in [0.05, 0.1) is 43.7 Å². The van der Waals surface area contributed by atoms with Gasteiger partial charge in [0, 0.05) is 5.25 Å². The Balaban J connectivity index is 1.90. The van der Waals surface area contributed by atoms with Crippen LogP contribution in [0.25, 0.3) is 0 Å². The minimum Gasteiger partial charge on any atom is -0.770 e. The van der Waals surface area contributed by atoms with E-state index in [1.807, 2.05) is 34.6 Å². The summed E-state index contributed by atoms with van der Waals surface area (Å²) < 4.78 is 40.5. The molecule has 2 saturated heterocycles. The zero-order chi connectivity index (χ0) is 21.1. The molecule has 28 heavy (non-hydrogen) atoms. The van der Waals surface area contributed by atoms with Crippen LogP contribution in [0.2, 0.25) is 0 Å². The fraction of sp³-hybridized carbons (Fsp3) is 1.00. The largest absolute Gasteiger partial charge is 0.770 e. The van der Waals surface area contributed by atoms with Gasteiger partial charge in [-0.3, -0.25) is 4.57 Å². The zero-order valence-corrected chi connectivity index (χ0v) is 19.2. The van der Waals surface area contributed by atoms with Crippen molar-refractivity contribution in [1.29, 1.82) is 0 Å². The number of aliphatic hydroxyl groups excluding tert-OH is 1. The molecular formula is C18H34O8PS-. The Morgan fingerprint density at radius 2 is 1.82 bits per heavy atom. The normalized spacial score (nSPS) is 38.4. The van der Waals surface area contributed by atoms with Gasteiger partial charge in [-0.2, -0.15) is 0 Å². The van der Waals surface area contributed by atoms with E-state index in [-0.39, 0.29) is 36.3 Å². The monoisotopic (exact) mass is 441 g/mol. The topological polar surface area (TPSA) is 107 Å². The average molecular weight is 442 g/mol. The maximum absolute atomic E-state index is 12.5. The summed E-state index contributed by atoms with van der Waals surface area (Å²) in [5.41, 5.74) is 0. The summed E-state index contributed by atoms with van der Waals surface area (Å²) in [6.07, 6.45) is -2.33. The Labute approximate surface area is 171 Å². The van der Waals surface area contributed by atoms with E-state index in [4.69, 9.17) is 23.5 Å². The van der Waals surface area contributed by atoms with Crippen LogP contribution in [0.4, 0.5) is 0 Å². The number of hydrogen-bond acceptors (Lipinski definition) is 9. The molecule has 10 heteroatoms. The molecule has 0 bridgehead atoms. The second-order valence-corrected chi connectivity index (χ2v) is 12.0. The van der Waals surface area contributed by atoms with Crippen molar-refractivity contribution in [2.24, 2.45) is 0 Å². The summed E-state index contributed by atoms with van der Waals surface area (Å²) in [7, 11) is 0. The van der Waals surface area contributed by atoms with Gasteiger partial charge in [-0.1, -0.05) is 11.4 Å². The lowest BCUT2D eigenvalue weighted by Gasteiger charge is -2.30. The van der Waals surface area contributed by atoms with Crippen molar-refractivity contribution in [3.63, 3.8) is 0 Å². The Kier molecular flexibility index (Phi) is 9.26. The first kappa shape index (κ1) is 24.6. The first-order valence-corrected chi connectivity index (χ1v) is 12.9. The molecule has 8 nitrogen and oxygen atoms in total. The summed E-state index contributed by atoms with van der Waals surface area (Å²) >= 11 is 0.787. The van der Waals surface area contributed by atoms with E-state index in [0.29, 0.717) is 13.0 Å². The number of aliphatic hydroxyl groups is 1. The van der Waals surface area contributed by atoms with Crippen LogP contribution in [0.5, 0.6) is 0 Å². The molecule has 0 spiro atoms. The third-order valence-electron chi connectivity index (χ3n) is 4.64. The smallest absolute Gasteiger partial charge is 0.192 e. The van der Waals surface area contributed by atoms with Gasteiger partial charge in [0.15, 0.2) is 6.80 Å². The fourth-order valence-corrected chi connectivity index (χ4v) is 6.75. The standard InChI is InChI=1S/C18H35O8PS/c1-10(2)22-8-14-16(7-12(5)25-14)28-27(20,21)23-9-15-18(24-11(3)4)17(19)13(6)26-15/h10-19H,7-9H2,1-6H3,(H,20,21)/p-1/t12-,13-,14+,15+,16+,17+,18?/m0/s1. The molecule has 2 rings (SSSR count). The molecule has 0 radical (unpaired) electrons. The van der Waals surface area contributed by atoms with E-state index in [1.165, 1.54) is 0 Å². The SMILES string of the molecule is CC(C)OC[C@H]1O[C@@H](C)C[C@H]1SP(=O)([O-])OC[C@H]1O[C@@H](C)[C@@H](O)C1OC(C)C. The van der Waals surface area contributed by atoms with Gasteiger partial charge in [0.2, 0.25) is 0 Å². The van der Waals surface area contributed by atoms with Crippen LogP contribution in [-0.4, -0.2) is 72.4 Å². The number of rotatable bonds is 10. The summed E-state index contributed by atoms with van der Waals surface area (Å²) in [4.78, 5) is 12.5. The quantitative estimate of drug-likeness (QED) is 0.510. The first-order chi connectivity index (χ1) is 13.0. The van der Waals surface area contributed by atoms with E-state index in [9.17, 15) is 14.6 Å². The maximum atomic E-state index is 12.5. The van der Waals surface area contributed by atoms with Crippen molar-refractivity contribution >= 4 is 18.2 Å². The molecule has 2 heterocycles. The van der Waals surface area contributed by atoms with Gasteiger partial charge < -0.3 is 33.5 Å². The summed E-state index contributed by atoms with van der Waals surface area (Å²) in [6, 6.07) is 0. The molecule has 1 N–H and O–H groups in total. The Morgan fingerprint density at radius 3 is 2.43 bits per heavy atom. The lowest BCUT2D eigenvalue weighted by atomic mass is 10.1. The van der Waals surface area contributed by atoms with Gasteiger partial charge >= 0.3 is 0 Å². The molecule has 2 aliphatic rings. The number of hydrogen-bond donors (Lipinski definition) is 1. The minimum atomic E-state index is -4.19. The molecule has 0 aliphatic carbocycles. The van der Waals surface area contributed by atoms with Crippen LogP contribution in [0.1, 0.15) is 48.0 Å². The van der Waals surface area contributed by atoms with E-state index in [2.05, 4.69) is 0 Å². The average Bonchev–Trinajstić information content (AvgIpc) is 3.04. The first-order valence-electron chi connectivity index (χ1n) is 9.88. The fourth-order valence-electron chi connectivity index (χ4n) is 3.36. The third-order valence-corrected chi connectivity index (χ3v) is 8.04. The molecule has 0 aromatic carbocycles. The lowest BCUT2D eigenvalue weighted by Crippen LogP contribution is -2.38. The molecule has 0 aromatic rings. The molecule has 8 atom stereocenters. The summed E-state index contributed by atoms with van der Waals surface area (Å²) in [5, 5.41) is 9.96.